The molecule has 3 fully saturated rings. The Morgan fingerprint density at radius 1 is 1.06 bits per heavy atom. The van der Waals surface area contributed by atoms with Gasteiger partial charge in [0.1, 0.15) is 11.9 Å². The third kappa shape index (κ3) is 3.91. The van der Waals surface area contributed by atoms with E-state index in [0.29, 0.717) is 17.8 Å². The Labute approximate surface area is 213 Å². The smallest absolute Gasteiger partial charge is 0.302 e. The highest BCUT2D eigenvalue weighted by Gasteiger charge is 2.60. The maximum absolute atomic E-state index is 13.6. The Bertz CT molecular complexity index is 1120. The molecule has 4 aliphatic rings. The molecule has 0 aliphatic heterocycles. The standard InChI is InChI=1S/C29H34N4O3/c1-18(34)36-21-8-10-27(2)19(12-21)4-5-22-23-6-7-25(28(23,3)11-9-24(22)27)26(35)13-29(16-32,17-33)20(14-30)15-31/h4,20-25H,5-13H2,1-3H3. The highest BCUT2D eigenvalue weighted by atomic mass is 16.5. The van der Waals surface area contributed by atoms with Crippen molar-refractivity contribution in [3.05, 3.63) is 11.6 Å². The Balaban J connectivity index is 1.55. The number of nitriles is 4. The number of rotatable bonds is 5. The Morgan fingerprint density at radius 2 is 1.75 bits per heavy atom. The predicted molar refractivity (Wildman–Crippen MR) is 129 cm³/mol. The maximum Gasteiger partial charge on any atom is 0.302 e. The van der Waals surface area contributed by atoms with E-state index in [-0.39, 0.29) is 41.0 Å². The van der Waals surface area contributed by atoms with E-state index in [1.165, 1.54) is 12.5 Å². The Kier molecular flexibility index (Phi) is 6.75. The summed E-state index contributed by atoms with van der Waals surface area (Å²) in [5, 5.41) is 38.1. The quantitative estimate of drug-likeness (QED) is 0.386. The number of carbonyl (C=O) groups is 2. The van der Waals surface area contributed by atoms with E-state index in [4.69, 9.17) is 4.74 Å². The van der Waals surface area contributed by atoms with Crippen molar-refractivity contribution >= 4 is 11.8 Å². The van der Waals surface area contributed by atoms with Gasteiger partial charge < -0.3 is 4.74 Å². The number of carbonyl (C=O) groups excluding carboxylic acids is 2. The van der Waals surface area contributed by atoms with Crippen LogP contribution in [0.3, 0.4) is 0 Å². The molecule has 36 heavy (non-hydrogen) atoms. The number of allylic oxidation sites excluding steroid dienone is 1. The van der Waals surface area contributed by atoms with Crippen LogP contribution in [-0.2, 0) is 14.3 Å². The fraction of sp³-hybridized carbons (Fsp3) is 0.724. The van der Waals surface area contributed by atoms with Crippen molar-refractivity contribution in [2.75, 3.05) is 0 Å². The van der Waals surface area contributed by atoms with Crippen LogP contribution < -0.4 is 0 Å². The first-order valence-corrected chi connectivity index (χ1v) is 13.1. The topological polar surface area (TPSA) is 139 Å². The molecular formula is C29H34N4O3. The van der Waals surface area contributed by atoms with Gasteiger partial charge in [0.25, 0.3) is 0 Å². The predicted octanol–water partition coefficient (Wildman–Crippen LogP) is 5.15. The molecule has 0 spiro atoms. The van der Waals surface area contributed by atoms with E-state index in [9.17, 15) is 30.6 Å². The lowest BCUT2D eigenvalue weighted by molar-refractivity contribution is -0.149. The molecule has 0 amide bonds. The van der Waals surface area contributed by atoms with Gasteiger partial charge in [-0.25, -0.2) is 0 Å². The van der Waals surface area contributed by atoms with Crippen LogP contribution >= 0.6 is 0 Å². The van der Waals surface area contributed by atoms with Gasteiger partial charge in [0.05, 0.1) is 24.3 Å². The first-order chi connectivity index (χ1) is 17.1. The number of ketones is 1. The van der Waals surface area contributed by atoms with Crippen LogP contribution in [0.2, 0.25) is 0 Å². The van der Waals surface area contributed by atoms with E-state index in [0.717, 1.165) is 51.4 Å². The van der Waals surface area contributed by atoms with E-state index in [1.807, 2.05) is 12.1 Å². The number of Topliss-reactive ketones (excluding diaryl/α,β-unsaturated/α-hetero) is 1. The summed E-state index contributed by atoms with van der Waals surface area (Å²) in [5.41, 5.74) is -0.627. The van der Waals surface area contributed by atoms with Gasteiger partial charge in [-0.15, -0.1) is 0 Å². The van der Waals surface area contributed by atoms with E-state index >= 15 is 0 Å². The summed E-state index contributed by atoms with van der Waals surface area (Å²) < 4.78 is 5.53. The molecule has 0 N–H and O–H groups in total. The number of fused-ring (bicyclic) bond motifs is 5. The molecule has 0 bridgehead atoms. The minimum atomic E-state index is -1.93. The highest BCUT2D eigenvalue weighted by Crippen LogP contribution is 2.66. The molecule has 7 heteroatoms. The van der Waals surface area contributed by atoms with Crippen molar-refractivity contribution in [2.45, 2.75) is 84.7 Å². The summed E-state index contributed by atoms with van der Waals surface area (Å²) in [6.45, 7) is 6.05. The first-order valence-electron chi connectivity index (χ1n) is 13.1. The van der Waals surface area contributed by atoms with E-state index in [1.54, 1.807) is 12.1 Å². The summed E-state index contributed by atoms with van der Waals surface area (Å²) in [6.07, 6.45) is 9.23. The van der Waals surface area contributed by atoms with Crippen molar-refractivity contribution in [3.8, 4) is 24.3 Å². The number of esters is 1. The lowest BCUT2D eigenvalue weighted by atomic mass is 9.47. The third-order valence-electron chi connectivity index (χ3n) is 10.4. The molecule has 0 aromatic heterocycles. The van der Waals surface area contributed by atoms with Crippen molar-refractivity contribution in [3.63, 3.8) is 0 Å². The molecule has 0 saturated heterocycles. The van der Waals surface area contributed by atoms with Gasteiger partial charge in [-0.1, -0.05) is 25.5 Å². The van der Waals surface area contributed by atoms with Crippen LogP contribution in [0.4, 0.5) is 0 Å². The second-order valence-electron chi connectivity index (χ2n) is 11.9. The molecule has 4 rings (SSSR count). The Morgan fingerprint density at radius 3 is 2.36 bits per heavy atom. The molecule has 3 saturated carbocycles. The van der Waals surface area contributed by atoms with Crippen LogP contribution in [0.1, 0.15) is 78.6 Å². The lowest BCUT2D eigenvalue weighted by Gasteiger charge is -2.58. The summed E-state index contributed by atoms with van der Waals surface area (Å²) in [5.74, 6) is -0.712. The van der Waals surface area contributed by atoms with Crippen molar-refractivity contribution in [2.24, 2.45) is 45.8 Å². The van der Waals surface area contributed by atoms with Crippen LogP contribution in [0, 0.1) is 91.2 Å². The molecule has 188 valence electrons. The maximum atomic E-state index is 13.6. The summed E-state index contributed by atoms with van der Waals surface area (Å²) in [6, 6.07) is 7.16. The summed E-state index contributed by atoms with van der Waals surface area (Å²) in [4.78, 5) is 25.1. The normalized spacial score (nSPS) is 37.0. The summed E-state index contributed by atoms with van der Waals surface area (Å²) in [7, 11) is 0. The van der Waals surface area contributed by atoms with E-state index in [2.05, 4.69) is 19.9 Å². The molecule has 7 nitrogen and oxygen atoms in total. The molecule has 7 unspecified atom stereocenters. The van der Waals surface area contributed by atoms with E-state index < -0.39 is 11.3 Å². The van der Waals surface area contributed by atoms with Gasteiger partial charge >= 0.3 is 5.97 Å². The average Bonchev–Trinajstić information content (AvgIpc) is 3.21. The first kappa shape index (κ1) is 25.9. The largest absolute Gasteiger partial charge is 0.462 e. The average molecular weight is 487 g/mol. The fourth-order valence-corrected chi connectivity index (χ4v) is 8.47. The van der Waals surface area contributed by atoms with Gasteiger partial charge in [-0.05, 0) is 73.5 Å². The third-order valence-corrected chi connectivity index (χ3v) is 10.4. The molecule has 7 atom stereocenters. The molecule has 0 aromatic carbocycles. The SMILES string of the molecule is CC(=O)OC1CCC2(C)C(=CCC3C2CCC2(C)C(C(=O)CC(C#N)(C#N)C(C#N)C#N)CCC32)C1. The molecule has 4 aliphatic carbocycles. The zero-order chi connectivity index (χ0) is 26.3. The molecule has 0 heterocycles. The van der Waals surface area contributed by atoms with Crippen molar-refractivity contribution in [1.29, 1.82) is 21.0 Å². The number of hydrogen-bond donors (Lipinski definition) is 0. The minimum Gasteiger partial charge on any atom is -0.462 e. The van der Waals surface area contributed by atoms with Gasteiger partial charge in [-0.3, -0.25) is 9.59 Å². The lowest BCUT2D eigenvalue weighted by Crippen LogP contribution is -2.51. The number of nitrogens with zero attached hydrogens (tertiary/aromatic N) is 4. The Hall–Kier alpha value is -3.16. The van der Waals surface area contributed by atoms with Crippen LogP contribution in [0.15, 0.2) is 11.6 Å². The minimum absolute atomic E-state index is 0.0353. The number of hydrogen-bond acceptors (Lipinski definition) is 7. The molecule has 0 aromatic rings. The van der Waals surface area contributed by atoms with Crippen molar-refractivity contribution < 1.29 is 14.3 Å². The highest BCUT2D eigenvalue weighted by molar-refractivity contribution is 5.84. The van der Waals surface area contributed by atoms with Crippen LogP contribution in [0.25, 0.3) is 0 Å². The van der Waals surface area contributed by atoms with Crippen molar-refractivity contribution in [1.82, 2.24) is 0 Å². The second kappa shape index (κ2) is 9.37. The number of ether oxygens (including phenoxy) is 1. The molecule has 0 radical (unpaired) electrons. The zero-order valence-electron chi connectivity index (χ0n) is 21.4. The van der Waals surface area contributed by atoms with Gasteiger partial charge in [0.2, 0.25) is 0 Å². The van der Waals surface area contributed by atoms with Gasteiger partial charge in [0.15, 0.2) is 11.3 Å². The second-order valence-corrected chi connectivity index (χ2v) is 11.9. The zero-order valence-corrected chi connectivity index (χ0v) is 21.4. The van der Waals surface area contributed by atoms with Gasteiger partial charge in [0, 0.05) is 25.7 Å². The van der Waals surface area contributed by atoms with Gasteiger partial charge in [-0.2, -0.15) is 21.0 Å². The van der Waals surface area contributed by atoms with Crippen LogP contribution in [0.5, 0.6) is 0 Å². The van der Waals surface area contributed by atoms with Crippen LogP contribution in [-0.4, -0.2) is 17.9 Å². The molecular weight excluding hydrogens is 452 g/mol. The monoisotopic (exact) mass is 486 g/mol. The fourth-order valence-electron chi connectivity index (χ4n) is 8.47. The summed E-state index contributed by atoms with van der Waals surface area (Å²) >= 11 is 0.